The normalized spacial score (nSPS) is 19.3. The minimum atomic E-state index is -4.52. The molecule has 2 aromatic heterocycles. The predicted molar refractivity (Wildman–Crippen MR) is 122 cm³/mol. The first kappa shape index (κ1) is 22.9. The van der Waals surface area contributed by atoms with E-state index in [4.69, 9.17) is 0 Å². The maximum atomic E-state index is 13.4. The van der Waals surface area contributed by atoms with Gasteiger partial charge in [0.2, 0.25) is 0 Å². The molecule has 0 spiro atoms. The van der Waals surface area contributed by atoms with E-state index in [2.05, 4.69) is 20.4 Å². The van der Waals surface area contributed by atoms with Crippen LogP contribution in [0.5, 0.6) is 0 Å². The molecule has 1 fully saturated rings. The number of hydrogen-bond donors (Lipinski definition) is 1. The van der Waals surface area contributed by atoms with Crippen LogP contribution >= 0.6 is 0 Å². The molecule has 1 saturated carbocycles. The summed E-state index contributed by atoms with van der Waals surface area (Å²) >= 11 is 0. The van der Waals surface area contributed by atoms with E-state index in [-0.39, 0.29) is 17.9 Å². The number of carbonyl (C=O) groups is 1. The van der Waals surface area contributed by atoms with Gasteiger partial charge in [-0.15, -0.1) is 0 Å². The fourth-order valence-corrected chi connectivity index (χ4v) is 4.47. The summed E-state index contributed by atoms with van der Waals surface area (Å²) in [6.07, 6.45) is 0.448. The summed E-state index contributed by atoms with van der Waals surface area (Å²) in [5, 5.41) is 8.22. The van der Waals surface area contributed by atoms with Crippen molar-refractivity contribution >= 4 is 28.7 Å². The first-order chi connectivity index (χ1) is 15.6. The fourth-order valence-electron chi connectivity index (χ4n) is 4.47. The lowest BCUT2D eigenvalue weighted by atomic mass is 9.86. The van der Waals surface area contributed by atoms with Crippen molar-refractivity contribution in [2.45, 2.75) is 51.7 Å². The highest BCUT2D eigenvalue weighted by Crippen LogP contribution is 2.34. The van der Waals surface area contributed by atoms with Crippen molar-refractivity contribution < 1.29 is 18.0 Å². The van der Waals surface area contributed by atoms with Crippen LogP contribution in [-0.2, 0) is 13.2 Å². The summed E-state index contributed by atoms with van der Waals surface area (Å²) < 4.78 is 41.8. The van der Waals surface area contributed by atoms with Gasteiger partial charge >= 0.3 is 6.18 Å². The number of fused-ring (bicyclic) bond motifs is 1. The van der Waals surface area contributed by atoms with Crippen LogP contribution < -0.4 is 5.32 Å². The van der Waals surface area contributed by atoms with Gasteiger partial charge < -0.3 is 5.32 Å². The monoisotopic (exact) mass is 457 g/mol. The molecule has 2 atom stereocenters. The van der Waals surface area contributed by atoms with Crippen molar-refractivity contribution in [3.63, 3.8) is 0 Å². The van der Waals surface area contributed by atoms with Crippen LogP contribution in [0, 0.1) is 19.8 Å². The average molecular weight is 458 g/mol. The van der Waals surface area contributed by atoms with Crippen molar-refractivity contribution in [2.24, 2.45) is 18.0 Å². The summed E-state index contributed by atoms with van der Waals surface area (Å²) in [4.78, 5) is 20.6. The quantitative estimate of drug-likeness (QED) is 0.526. The number of benzene rings is 1. The Kier molecular flexibility index (Phi) is 6.23. The second-order valence-corrected chi connectivity index (χ2v) is 8.59. The van der Waals surface area contributed by atoms with Gasteiger partial charge in [0.15, 0.2) is 0 Å². The van der Waals surface area contributed by atoms with Crippen molar-refractivity contribution in [3.05, 3.63) is 53.0 Å². The topological polar surface area (TPSA) is 72.2 Å². The van der Waals surface area contributed by atoms with Gasteiger partial charge in [0, 0.05) is 36.1 Å². The molecule has 0 bridgehead atoms. The summed E-state index contributed by atoms with van der Waals surface area (Å²) in [6.45, 7) is 3.61. The van der Waals surface area contributed by atoms with Gasteiger partial charge in [-0.25, -0.2) is 9.98 Å². The molecule has 1 aliphatic carbocycles. The number of aliphatic imine (C=N–C) groups is 1. The number of para-hydroxylation sites is 1. The highest BCUT2D eigenvalue weighted by atomic mass is 19.4. The number of amides is 1. The number of nitrogens with zero attached hydrogens (tertiary/aromatic N) is 4. The van der Waals surface area contributed by atoms with Gasteiger partial charge in [-0.3, -0.25) is 9.48 Å². The van der Waals surface area contributed by atoms with E-state index in [1.54, 1.807) is 49.1 Å². The molecule has 3 aromatic rings. The van der Waals surface area contributed by atoms with Crippen molar-refractivity contribution in [3.8, 4) is 0 Å². The Morgan fingerprint density at radius 3 is 2.70 bits per heavy atom. The number of anilines is 1. The standard InChI is InChI=1S/C24H26F3N5O/c1-14-22(15(2)32(3)31-14)23(33)28-13-16-7-6-8-17(11-16)29-20-12-21(24(25,26)27)30-19-10-5-4-9-18(19)20/h4-5,9-10,12-13,16-17H,6-8,11H2,1-3H3,(H,29,30)/t16?,17-/m0/s1. The molecule has 9 heteroatoms. The van der Waals surface area contributed by atoms with E-state index >= 15 is 0 Å². The van der Waals surface area contributed by atoms with Crippen LogP contribution in [0.1, 0.15) is 53.1 Å². The minimum absolute atomic E-state index is 0.0287. The molecule has 1 aromatic carbocycles. The van der Waals surface area contributed by atoms with Crippen LogP contribution in [0.4, 0.5) is 18.9 Å². The molecular formula is C24H26F3N5O. The maximum Gasteiger partial charge on any atom is 0.433 e. The predicted octanol–water partition coefficient (Wildman–Crippen LogP) is 5.49. The number of pyridine rings is 1. The molecule has 0 saturated heterocycles. The Balaban J connectivity index is 1.51. The van der Waals surface area contributed by atoms with Gasteiger partial charge in [0.25, 0.3) is 5.91 Å². The number of nitrogens with one attached hydrogen (secondary N) is 1. The van der Waals surface area contributed by atoms with Crippen LogP contribution in [0.2, 0.25) is 0 Å². The Hall–Kier alpha value is -3.23. The van der Waals surface area contributed by atoms with E-state index in [0.29, 0.717) is 34.3 Å². The molecule has 2 heterocycles. The molecule has 1 N–H and O–H groups in total. The summed E-state index contributed by atoms with van der Waals surface area (Å²) in [5.74, 6) is -0.254. The van der Waals surface area contributed by atoms with Gasteiger partial charge in [-0.2, -0.15) is 18.3 Å². The zero-order valence-electron chi connectivity index (χ0n) is 18.8. The Bertz CT molecular complexity index is 1210. The Labute approximate surface area is 189 Å². The van der Waals surface area contributed by atoms with Crippen LogP contribution in [0.15, 0.2) is 35.3 Å². The molecule has 33 heavy (non-hydrogen) atoms. The van der Waals surface area contributed by atoms with E-state index in [9.17, 15) is 18.0 Å². The first-order valence-electron chi connectivity index (χ1n) is 11.0. The third-order valence-corrected chi connectivity index (χ3v) is 6.21. The Morgan fingerprint density at radius 2 is 2.00 bits per heavy atom. The van der Waals surface area contributed by atoms with Gasteiger partial charge in [0.05, 0.1) is 16.8 Å². The number of carbonyl (C=O) groups excluding carboxylic acids is 1. The van der Waals surface area contributed by atoms with Crippen molar-refractivity contribution in [1.29, 1.82) is 0 Å². The highest BCUT2D eigenvalue weighted by Gasteiger charge is 2.34. The Morgan fingerprint density at radius 1 is 1.24 bits per heavy atom. The van der Waals surface area contributed by atoms with Crippen LogP contribution in [0.3, 0.4) is 0 Å². The first-order valence-corrected chi connectivity index (χ1v) is 11.0. The SMILES string of the molecule is Cc1nn(C)c(C)c1C(=O)N=CC1CCC[C@H](Nc2cc(C(F)(F)F)nc3ccccc23)C1. The number of alkyl halides is 3. The second-order valence-electron chi connectivity index (χ2n) is 8.59. The van der Waals surface area contributed by atoms with Crippen LogP contribution in [-0.4, -0.2) is 32.9 Å². The second kappa shape index (κ2) is 8.96. The van der Waals surface area contributed by atoms with Crippen molar-refractivity contribution in [2.75, 3.05) is 5.32 Å². The summed E-state index contributed by atoms with van der Waals surface area (Å²) in [6, 6.07) is 7.86. The molecule has 6 nitrogen and oxygen atoms in total. The van der Waals surface area contributed by atoms with E-state index in [1.165, 1.54) is 0 Å². The lowest BCUT2D eigenvalue weighted by Crippen LogP contribution is -2.28. The maximum absolute atomic E-state index is 13.4. The molecule has 0 aliphatic heterocycles. The molecule has 0 radical (unpaired) electrons. The summed E-state index contributed by atoms with van der Waals surface area (Å²) in [7, 11) is 1.78. The number of aromatic nitrogens is 3. The number of aryl methyl sites for hydroxylation is 2. The number of rotatable bonds is 4. The lowest BCUT2D eigenvalue weighted by molar-refractivity contribution is -0.140. The average Bonchev–Trinajstić information content (AvgIpc) is 3.03. The third kappa shape index (κ3) is 4.91. The molecule has 174 valence electrons. The minimum Gasteiger partial charge on any atom is -0.382 e. The van der Waals surface area contributed by atoms with Crippen LogP contribution in [0.25, 0.3) is 10.9 Å². The summed E-state index contributed by atoms with van der Waals surface area (Å²) in [5.41, 5.74) is 1.74. The van der Waals surface area contributed by atoms with Gasteiger partial charge in [-0.1, -0.05) is 24.6 Å². The van der Waals surface area contributed by atoms with E-state index < -0.39 is 11.9 Å². The number of hydrogen-bond acceptors (Lipinski definition) is 4. The third-order valence-electron chi connectivity index (χ3n) is 6.21. The smallest absolute Gasteiger partial charge is 0.382 e. The molecule has 1 aliphatic rings. The zero-order valence-corrected chi connectivity index (χ0v) is 18.8. The molecule has 1 unspecified atom stereocenters. The zero-order chi connectivity index (χ0) is 23.8. The largest absolute Gasteiger partial charge is 0.433 e. The highest BCUT2D eigenvalue weighted by molar-refractivity contribution is 6.01. The number of halogens is 3. The van der Waals surface area contributed by atoms with E-state index in [1.807, 2.05) is 6.92 Å². The molecule has 1 amide bonds. The van der Waals surface area contributed by atoms with Gasteiger partial charge in [0.1, 0.15) is 5.69 Å². The van der Waals surface area contributed by atoms with E-state index in [0.717, 1.165) is 31.0 Å². The molecular weight excluding hydrogens is 431 g/mol. The fraction of sp³-hybridized carbons (Fsp3) is 0.417. The van der Waals surface area contributed by atoms with Crippen molar-refractivity contribution in [1.82, 2.24) is 14.8 Å². The van der Waals surface area contributed by atoms with Gasteiger partial charge in [-0.05, 0) is 51.2 Å². The lowest BCUT2D eigenvalue weighted by Gasteiger charge is -2.29. The molecule has 4 rings (SSSR count).